The third-order valence-corrected chi connectivity index (χ3v) is 6.41. The lowest BCUT2D eigenvalue weighted by Crippen LogP contribution is -2.31. The van der Waals surface area contributed by atoms with E-state index >= 15 is 0 Å². The van der Waals surface area contributed by atoms with Crippen molar-refractivity contribution >= 4 is 17.3 Å². The molecule has 0 saturated carbocycles. The lowest BCUT2D eigenvalue weighted by atomic mass is 9.96. The number of nitrogens with zero attached hydrogens (tertiary/aromatic N) is 3. The largest absolute Gasteiger partial charge is 0.385 e. The maximum Gasteiger partial charge on any atom is 0.170 e. The Labute approximate surface area is 190 Å². The van der Waals surface area contributed by atoms with Gasteiger partial charge < -0.3 is 19.5 Å². The first-order valence-electron chi connectivity index (χ1n) is 10.8. The fraction of sp³-hybridized carbons (Fsp3) is 0.360. The third-order valence-electron chi connectivity index (χ3n) is 6.06. The number of benzene rings is 1. The predicted molar refractivity (Wildman–Crippen MR) is 128 cm³/mol. The molecule has 31 heavy (non-hydrogen) atoms. The zero-order chi connectivity index (χ0) is 21.8. The van der Waals surface area contributed by atoms with Crippen molar-refractivity contribution in [1.29, 1.82) is 0 Å². The van der Waals surface area contributed by atoms with Crippen LogP contribution in [0.5, 0.6) is 0 Å². The molecule has 162 valence electrons. The Morgan fingerprint density at radius 2 is 1.87 bits per heavy atom. The van der Waals surface area contributed by atoms with E-state index in [4.69, 9.17) is 17.0 Å². The van der Waals surface area contributed by atoms with Crippen LogP contribution in [0.15, 0.2) is 60.8 Å². The van der Waals surface area contributed by atoms with Crippen LogP contribution in [0.1, 0.15) is 46.7 Å². The molecule has 0 bridgehead atoms. The minimum Gasteiger partial charge on any atom is -0.385 e. The number of nitrogens with one attached hydrogen (secondary N) is 1. The van der Waals surface area contributed by atoms with Crippen molar-refractivity contribution < 1.29 is 4.74 Å². The van der Waals surface area contributed by atoms with Gasteiger partial charge in [0.25, 0.3) is 0 Å². The maximum absolute atomic E-state index is 5.77. The topological polar surface area (TPSA) is 42.3 Å². The van der Waals surface area contributed by atoms with Crippen LogP contribution in [0.25, 0.3) is 0 Å². The summed E-state index contributed by atoms with van der Waals surface area (Å²) < 4.78 is 7.69. The van der Waals surface area contributed by atoms with Crippen LogP contribution < -0.4 is 5.32 Å². The average Bonchev–Trinajstić information content (AvgIpc) is 3.26. The summed E-state index contributed by atoms with van der Waals surface area (Å²) in [7, 11) is 1.74. The van der Waals surface area contributed by atoms with Crippen molar-refractivity contribution in [3.05, 3.63) is 89.0 Å². The Morgan fingerprint density at radius 3 is 2.58 bits per heavy atom. The summed E-state index contributed by atoms with van der Waals surface area (Å²) >= 11 is 5.77. The number of aromatic nitrogens is 2. The maximum atomic E-state index is 5.77. The second-order valence-electron chi connectivity index (χ2n) is 8.06. The summed E-state index contributed by atoms with van der Waals surface area (Å²) in [5, 5.41) is 4.33. The number of ether oxygens (including phenoxy) is 1. The zero-order valence-electron chi connectivity index (χ0n) is 18.4. The molecule has 1 N–H and O–H groups in total. The molecule has 1 aliphatic heterocycles. The number of methoxy groups -OCH3 is 1. The molecule has 6 heteroatoms. The number of aryl methyl sites for hydroxylation is 1. The molecule has 2 atom stereocenters. The Balaban J connectivity index is 1.72. The van der Waals surface area contributed by atoms with Crippen molar-refractivity contribution in [1.82, 2.24) is 19.8 Å². The van der Waals surface area contributed by atoms with Crippen molar-refractivity contribution in [3.63, 3.8) is 0 Å². The predicted octanol–water partition coefficient (Wildman–Crippen LogP) is 4.56. The number of thiocarbonyl (C=S) groups is 1. The quantitative estimate of drug-likeness (QED) is 0.416. The molecule has 1 saturated heterocycles. The molecule has 0 radical (unpaired) electrons. The molecule has 3 heterocycles. The van der Waals surface area contributed by atoms with Crippen molar-refractivity contribution in [3.8, 4) is 0 Å². The van der Waals surface area contributed by atoms with Crippen LogP contribution in [0.4, 0.5) is 0 Å². The molecular weight excluding hydrogens is 404 g/mol. The van der Waals surface area contributed by atoms with Gasteiger partial charge in [-0.15, -0.1) is 0 Å². The van der Waals surface area contributed by atoms with Crippen LogP contribution in [0, 0.1) is 13.8 Å². The summed E-state index contributed by atoms with van der Waals surface area (Å²) in [4.78, 5) is 6.96. The van der Waals surface area contributed by atoms with Crippen LogP contribution >= 0.6 is 12.2 Å². The van der Waals surface area contributed by atoms with E-state index in [1.54, 1.807) is 7.11 Å². The van der Waals surface area contributed by atoms with E-state index in [2.05, 4.69) is 76.1 Å². The van der Waals surface area contributed by atoms with Crippen LogP contribution in [0.2, 0.25) is 0 Å². The summed E-state index contributed by atoms with van der Waals surface area (Å²) in [6.45, 7) is 6.82. The van der Waals surface area contributed by atoms with Crippen molar-refractivity contribution in [2.45, 2.75) is 38.9 Å². The monoisotopic (exact) mass is 434 g/mol. The minimum absolute atomic E-state index is 0.0157. The van der Waals surface area contributed by atoms with Crippen LogP contribution in [-0.2, 0) is 11.3 Å². The normalized spacial score (nSPS) is 18.4. The fourth-order valence-electron chi connectivity index (χ4n) is 4.50. The van der Waals surface area contributed by atoms with E-state index in [0.717, 1.165) is 30.3 Å². The molecule has 0 unspecified atom stereocenters. The van der Waals surface area contributed by atoms with Gasteiger partial charge in [-0.2, -0.15) is 0 Å². The Hall–Kier alpha value is -2.70. The number of hydrogen-bond acceptors (Lipinski definition) is 3. The molecule has 3 aromatic rings. The Bertz CT molecular complexity index is 1020. The molecule has 2 aromatic heterocycles. The molecule has 4 rings (SSSR count). The Kier molecular flexibility index (Phi) is 6.68. The van der Waals surface area contributed by atoms with E-state index in [9.17, 15) is 0 Å². The van der Waals surface area contributed by atoms with E-state index in [1.807, 2.05) is 18.3 Å². The standard InChI is InChI=1S/C25H30N4OS/c1-18-16-21(19(2)29(18)17-20-10-5-4-6-11-20)24-23(22-12-7-8-13-26-22)27-25(31)28(24)14-9-15-30-3/h4-8,10-13,16,23-24H,9,14-15,17H2,1-3H3,(H,27,31)/t23-,24+/m0/s1. The first-order chi connectivity index (χ1) is 15.1. The average molecular weight is 435 g/mol. The second kappa shape index (κ2) is 9.62. The Morgan fingerprint density at radius 1 is 1.10 bits per heavy atom. The number of pyridine rings is 1. The highest BCUT2D eigenvalue weighted by Gasteiger charge is 2.41. The van der Waals surface area contributed by atoms with E-state index < -0.39 is 0 Å². The van der Waals surface area contributed by atoms with Gasteiger partial charge in [-0.3, -0.25) is 4.98 Å². The highest BCUT2D eigenvalue weighted by molar-refractivity contribution is 7.80. The van der Waals surface area contributed by atoms with Crippen LogP contribution in [-0.4, -0.2) is 39.8 Å². The van der Waals surface area contributed by atoms with Gasteiger partial charge >= 0.3 is 0 Å². The van der Waals surface area contributed by atoms with Gasteiger partial charge in [-0.05, 0) is 61.8 Å². The van der Waals surface area contributed by atoms with Gasteiger partial charge in [0.2, 0.25) is 0 Å². The fourth-order valence-corrected chi connectivity index (χ4v) is 4.83. The summed E-state index contributed by atoms with van der Waals surface area (Å²) in [5.41, 5.74) is 6.14. The highest BCUT2D eigenvalue weighted by Crippen LogP contribution is 2.40. The molecule has 1 fully saturated rings. The molecule has 1 aliphatic rings. The summed E-state index contributed by atoms with van der Waals surface area (Å²) in [6.07, 6.45) is 2.77. The lowest BCUT2D eigenvalue weighted by Gasteiger charge is -2.28. The molecule has 5 nitrogen and oxygen atoms in total. The van der Waals surface area contributed by atoms with Gasteiger partial charge in [0, 0.05) is 44.4 Å². The van der Waals surface area contributed by atoms with E-state index in [0.29, 0.717) is 6.61 Å². The third kappa shape index (κ3) is 4.50. The second-order valence-corrected chi connectivity index (χ2v) is 8.45. The smallest absolute Gasteiger partial charge is 0.170 e. The van der Waals surface area contributed by atoms with Crippen LogP contribution in [0.3, 0.4) is 0 Å². The summed E-state index contributed by atoms with van der Waals surface area (Å²) in [6, 6.07) is 19.1. The zero-order valence-corrected chi connectivity index (χ0v) is 19.2. The van der Waals surface area contributed by atoms with Gasteiger partial charge in [-0.25, -0.2) is 0 Å². The molecule has 0 amide bonds. The molecule has 0 spiro atoms. The molecule has 0 aliphatic carbocycles. The van der Waals surface area contributed by atoms with E-state index in [1.165, 1.54) is 22.5 Å². The van der Waals surface area contributed by atoms with Gasteiger partial charge in [-0.1, -0.05) is 36.4 Å². The van der Waals surface area contributed by atoms with Gasteiger partial charge in [0.1, 0.15) is 0 Å². The van der Waals surface area contributed by atoms with Crippen molar-refractivity contribution in [2.75, 3.05) is 20.3 Å². The minimum atomic E-state index is 0.0157. The SMILES string of the molecule is COCCCN1C(=S)N[C@@H](c2ccccn2)[C@H]1c1cc(C)n(Cc2ccccc2)c1C. The summed E-state index contributed by atoms with van der Waals surface area (Å²) in [5.74, 6) is 0. The first-order valence-corrected chi connectivity index (χ1v) is 11.2. The molecular formula is C25H30N4OS. The van der Waals surface area contributed by atoms with E-state index in [-0.39, 0.29) is 12.1 Å². The number of rotatable bonds is 8. The van der Waals surface area contributed by atoms with Gasteiger partial charge in [0.15, 0.2) is 5.11 Å². The first kappa shape index (κ1) is 21.5. The van der Waals surface area contributed by atoms with Crippen molar-refractivity contribution in [2.24, 2.45) is 0 Å². The lowest BCUT2D eigenvalue weighted by molar-refractivity contribution is 0.180. The highest BCUT2D eigenvalue weighted by atomic mass is 32.1. The van der Waals surface area contributed by atoms with Gasteiger partial charge in [0.05, 0.1) is 17.8 Å². The molecule has 1 aromatic carbocycles. The number of hydrogen-bond donors (Lipinski definition) is 1.